The lowest BCUT2D eigenvalue weighted by atomic mass is 10.2. The van der Waals surface area contributed by atoms with Crippen molar-refractivity contribution < 1.29 is 0 Å². The molecular weight excluding hydrogens is 254 g/mol. The van der Waals surface area contributed by atoms with Crippen LogP contribution in [0.5, 0.6) is 0 Å². The highest BCUT2D eigenvalue weighted by Gasteiger charge is 2.07. The van der Waals surface area contributed by atoms with E-state index in [1.807, 2.05) is 24.0 Å². The van der Waals surface area contributed by atoms with Gasteiger partial charge in [-0.05, 0) is 6.42 Å². The Morgan fingerprint density at radius 2 is 2.05 bits per heavy atom. The standard InChI is InChI=1S/C13H21N7/c1-10(2)13-17-11(14-3)9-12(18-13)15-5-4-7-20-8-6-16-19-20/h6,8-10H,4-5,7H2,1-3H3,(H2,14,15,17,18). The van der Waals surface area contributed by atoms with Gasteiger partial charge < -0.3 is 10.6 Å². The molecule has 0 saturated carbocycles. The van der Waals surface area contributed by atoms with Crippen molar-refractivity contribution in [3.63, 3.8) is 0 Å². The largest absolute Gasteiger partial charge is 0.373 e. The topological polar surface area (TPSA) is 80.5 Å². The highest BCUT2D eigenvalue weighted by atomic mass is 15.4. The molecule has 0 saturated heterocycles. The summed E-state index contributed by atoms with van der Waals surface area (Å²) in [6, 6.07) is 1.92. The molecule has 0 aromatic carbocycles. The zero-order valence-electron chi connectivity index (χ0n) is 12.2. The molecule has 108 valence electrons. The Hall–Kier alpha value is -2.18. The van der Waals surface area contributed by atoms with Gasteiger partial charge in [-0.25, -0.2) is 9.97 Å². The molecular formula is C13H21N7. The Balaban J connectivity index is 1.89. The second-order valence-corrected chi connectivity index (χ2v) is 4.85. The minimum atomic E-state index is 0.305. The molecule has 7 heteroatoms. The first-order chi connectivity index (χ1) is 9.69. The van der Waals surface area contributed by atoms with Crippen molar-refractivity contribution in [2.45, 2.75) is 32.7 Å². The van der Waals surface area contributed by atoms with E-state index in [4.69, 9.17) is 0 Å². The number of rotatable bonds is 7. The first-order valence-electron chi connectivity index (χ1n) is 6.83. The Morgan fingerprint density at radius 1 is 1.25 bits per heavy atom. The molecule has 2 rings (SSSR count). The Bertz CT molecular complexity index is 522. The molecule has 2 heterocycles. The Morgan fingerprint density at radius 3 is 2.70 bits per heavy atom. The first-order valence-corrected chi connectivity index (χ1v) is 6.83. The van der Waals surface area contributed by atoms with E-state index in [0.717, 1.165) is 37.0 Å². The number of anilines is 2. The summed E-state index contributed by atoms with van der Waals surface area (Å²) in [7, 11) is 1.86. The van der Waals surface area contributed by atoms with Gasteiger partial charge in [0.2, 0.25) is 0 Å². The van der Waals surface area contributed by atoms with Crippen molar-refractivity contribution in [1.29, 1.82) is 0 Å². The van der Waals surface area contributed by atoms with E-state index < -0.39 is 0 Å². The van der Waals surface area contributed by atoms with E-state index in [-0.39, 0.29) is 0 Å². The lowest BCUT2D eigenvalue weighted by Gasteiger charge is -2.11. The summed E-state index contributed by atoms with van der Waals surface area (Å²) < 4.78 is 1.82. The smallest absolute Gasteiger partial charge is 0.135 e. The molecule has 20 heavy (non-hydrogen) atoms. The third-order valence-corrected chi connectivity index (χ3v) is 2.86. The maximum Gasteiger partial charge on any atom is 0.135 e. The van der Waals surface area contributed by atoms with Crippen LogP contribution in [0.4, 0.5) is 11.6 Å². The van der Waals surface area contributed by atoms with Crippen molar-refractivity contribution in [1.82, 2.24) is 25.0 Å². The summed E-state index contributed by atoms with van der Waals surface area (Å²) in [5, 5.41) is 14.1. The minimum absolute atomic E-state index is 0.305. The van der Waals surface area contributed by atoms with E-state index in [1.54, 1.807) is 6.20 Å². The highest BCUT2D eigenvalue weighted by Crippen LogP contribution is 2.16. The quantitative estimate of drug-likeness (QED) is 0.749. The zero-order valence-corrected chi connectivity index (χ0v) is 12.2. The maximum atomic E-state index is 4.52. The molecule has 0 aliphatic rings. The maximum absolute atomic E-state index is 4.52. The van der Waals surface area contributed by atoms with Crippen molar-refractivity contribution in [3.05, 3.63) is 24.3 Å². The molecule has 0 fully saturated rings. The van der Waals surface area contributed by atoms with Crippen molar-refractivity contribution in [3.8, 4) is 0 Å². The van der Waals surface area contributed by atoms with Crippen LogP contribution in [0.3, 0.4) is 0 Å². The fourth-order valence-electron chi connectivity index (χ4n) is 1.75. The van der Waals surface area contributed by atoms with E-state index in [1.165, 1.54) is 0 Å². The molecule has 2 aromatic rings. The van der Waals surface area contributed by atoms with E-state index in [0.29, 0.717) is 5.92 Å². The second kappa shape index (κ2) is 6.83. The molecule has 2 aromatic heterocycles. The van der Waals surface area contributed by atoms with Gasteiger partial charge in [-0.2, -0.15) is 0 Å². The normalized spacial score (nSPS) is 10.8. The molecule has 0 atom stereocenters. The SMILES string of the molecule is CNc1cc(NCCCn2ccnn2)nc(C(C)C)n1. The minimum Gasteiger partial charge on any atom is -0.373 e. The van der Waals surface area contributed by atoms with Gasteiger partial charge in [0.25, 0.3) is 0 Å². The molecule has 0 amide bonds. The molecule has 0 bridgehead atoms. The van der Waals surface area contributed by atoms with Crippen LogP contribution < -0.4 is 10.6 Å². The summed E-state index contributed by atoms with van der Waals surface area (Å²) >= 11 is 0. The van der Waals surface area contributed by atoms with Gasteiger partial charge in [-0.15, -0.1) is 5.10 Å². The van der Waals surface area contributed by atoms with Crippen molar-refractivity contribution in [2.24, 2.45) is 0 Å². The van der Waals surface area contributed by atoms with Crippen LogP contribution in [0.15, 0.2) is 18.5 Å². The van der Waals surface area contributed by atoms with Crippen molar-refractivity contribution in [2.75, 3.05) is 24.2 Å². The van der Waals surface area contributed by atoms with Gasteiger partial charge in [-0.3, -0.25) is 4.68 Å². The van der Waals surface area contributed by atoms with E-state index >= 15 is 0 Å². The van der Waals surface area contributed by atoms with Crippen LogP contribution in [0.2, 0.25) is 0 Å². The fourth-order valence-corrected chi connectivity index (χ4v) is 1.75. The predicted molar refractivity (Wildman–Crippen MR) is 78.8 cm³/mol. The summed E-state index contributed by atoms with van der Waals surface area (Å²) in [6.45, 7) is 5.85. The van der Waals surface area contributed by atoms with E-state index in [2.05, 4.69) is 44.8 Å². The average molecular weight is 275 g/mol. The molecule has 2 N–H and O–H groups in total. The summed E-state index contributed by atoms with van der Waals surface area (Å²) in [6.07, 6.45) is 4.51. The van der Waals surface area contributed by atoms with Crippen LogP contribution in [-0.4, -0.2) is 38.6 Å². The monoisotopic (exact) mass is 275 g/mol. The van der Waals surface area contributed by atoms with Crippen LogP contribution in [-0.2, 0) is 6.54 Å². The first kappa shape index (κ1) is 14.2. The lowest BCUT2D eigenvalue weighted by Crippen LogP contribution is -2.10. The average Bonchev–Trinajstić information content (AvgIpc) is 2.96. The lowest BCUT2D eigenvalue weighted by molar-refractivity contribution is 0.569. The third kappa shape index (κ3) is 3.91. The van der Waals surface area contributed by atoms with Gasteiger partial charge in [0.1, 0.15) is 17.5 Å². The molecule has 0 aliphatic carbocycles. The van der Waals surface area contributed by atoms with Gasteiger partial charge in [0.15, 0.2) is 0 Å². The molecule has 0 aliphatic heterocycles. The fraction of sp³-hybridized carbons (Fsp3) is 0.538. The Kier molecular flexibility index (Phi) is 4.86. The number of hydrogen-bond donors (Lipinski definition) is 2. The summed E-state index contributed by atoms with van der Waals surface area (Å²) in [4.78, 5) is 8.95. The Labute approximate surface area is 118 Å². The van der Waals surface area contributed by atoms with Gasteiger partial charge in [-0.1, -0.05) is 19.1 Å². The van der Waals surface area contributed by atoms with Gasteiger partial charge in [0, 0.05) is 38.3 Å². The van der Waals surface area contributed by atoms with Crippen LogP contribution >= 0.6 is 0 Å². The molecule has 0 radical (unpaired) electrons. The van der Waals surface area contributed by atoms with E-state index in [9.17, 15) is 0 Å². The number of aryl methyl sites for hydroxylation is 1. The number of aromatic nitrogens is 5. The van der Waals surface area contributed by atoms with Crippen LogP contribution in [0, 0.1) is 0 Å². The second-order valence-electron chi connectivity index (χ2n) is 4.85. The van der Waals surface area contributed by atoms with Crippen LogP contribution in [0.25, 0.3) is 0 Å². The van der Waals surface area contributed by atoms with Crippen LogP contribution in [0.1, 0.15) is 32.0 Å². The molecule has 0 unspecified atom stereocenters. The summed E-state index contributed by atoms with van der Waals surface area (Å²) in [5.74, 6) is 2.84. The molecule has 0 spiro atoms. The third-order valence-electron chi connectivity index (χ3n) is 2.86. The number of hydrogen-bond acceptors (Lipinski definition) is 6. The number of nitrogens with one attached hydrogen (secondary N) is 2. The van der Waals surface area contributed by atoms with Gasteiger partial charge >= 0.3 is 0 Å². The predicted octanol–water partition coefficient (Wildman–Crippen LogP) is 1.74. The van der Waals surface area contributed by atoms with Crippen molar-refractivity contribution >= 4 is 11.6 Å². The molecule has 7 nitrogen and oxygen atoms in total. The van der Waals surface area contributed by atoms with Gasteiger partial charge in [0.05, 0.1) is 6.20 Å². The zero-order chi connectivity index (χ0) is 14.4. The summed E-state index contributed by atoms with van der Waals surface area (Å²) in [5.41, 5.74) is 0. The number of nitrogens with zero attached hydrogens (tertiary/aromatic N) is 5. The highest BCUT2D eigenvalue weighted by molar-refractivity contribution is 5.47.